The number of hydrogen-bond donors (Lipinski definition) is 0. The van der Waals surface area contributed by atoms with Crippen molar-refractivity contribution < 1.29 is 4.79 Å². The van der Waals surface area contributed by atoms with Gasteiger partial charge in [0.25, 0.3) is 5.56 Å². The summed E-state index contributed by atoms with van der Waals surface area (Å²) in [7, 11) is 2.16. The van der Waals surface area contributed by atoms with Crippen LogP contribution in [0.3, 0.4) is 0 Å². The topological polar surface area (TPSA) is 61.7 Å². The zero-order valence-electron chi connectivity index (χ0n) is 17.1. The minimum absolute atomic E-state index is 0.0907. The normalized spacial score (nSPS) is 18.4. The van der Waals surface area contributed by atoms with Gasteiger partial charge in [-0.3, -0.25) is 14.2 Å². The number of carbonyl (C=O) groups excluding carboxylic acids is 1. The molecule has 2 aliphatic rings. The molecule has 2 aromatic heterocycles. The highest BCUT2D eigenvalue weighted by Crippen LogP contribution is 2.32. The maximum atomic E-state index is 13.1. The van der Waals surface area contributed by atoms with Crippen LogP contribution < -0.4 is 15.4 Å². The molecule has 5 rings (SSSR count). The Kier molecular flexibility index (Phi) is 5.04. The summed E-state index contributed by atoms with van der Waals surface area (Å²) >= 11 is 1.36. The van der Waals surface area contributed by atoms with Gasteiger partial charge in [0.05, 0.1) is 11.2 Å². The van der Waals surface area contributed by atoms with Crippen molar-refractivity contribution in [3.63, 3.8) is 0 Å². The number of anilines is 2. The molecule has 30 heavy (non-hydrogen) atoms. The minimum Gasteiger partial charge on any atom is -0.370 e. The molecule has 4 heterocycles. The molecular weight excluding hydrogens is 398 g/mol. The largest absolute Gasteiger partial charge is 0.370 e. The maximum absolute atomic E-state index is 13.1. The van der Waals surface area contributed by atoms with E-state index in [1.807, 2.05) is 18.2 Å². The third kappa shape index (κ3) is 3.50. The van der Waals surface area contributed by atoms with E-state index >= 15 is 0 Å². The molecule has 0 unspecified atom stereocenters. The fourth-order valence-electron chi connectivity index (χ4n) is 4.23. The average Bonchev–Trinajstić information content (AvgIpc) is 3.31. The molecule has 0 atom stereocenters. The Morgan fingerprint density at radius 3 is 2.50 bits per heavy atom. The van der Waals surface area contributed by atoms with Crippen molar-refractivity contribution in [3.8, 4) is 5.69 Å². The van der Waals surface area contributed by atoms with Gasteiger partial charge in [0.1, 0.15) is 16.0 Å². The molecule has 3 aromatic rings. The molecule has 0 aliphatic carbocycles. The van der Waals surface area contributed by atoms with Crippen molar-refractivity contribution in [1.29, 1.82) is 0 Å². The first kappa shape index (κ1) is 19.3. The number of likely N-dealkylation sites (N-methyl/N-ethyl adjacent to an activating group) is 1. The van der Waals surface area contributed by atoms with Gasteiger partial charge in [-0.15, -0.1) is 11.3 Å². The van der Waals surface area contributed by atoms with Crippen LogP contribution in [0.15, 0.2) is 41.5 Å². The number of benzene rings is 1. The fraction of sp³-hybridized carbons (Fsp3) is 0.409. The Balaban J connectivity index is 1.43. The first-order valence-corrected chi connectivity index (χ1v) is 11.3. The molecule has 1 aromatic carbocycles. The van der Waals surface area contributed by atoms with Crippen molar-refractivity contribution in [3.05, 3.63) is 47.0 Å². The molecule has 2 fully saturated rings. The highest BCUT2D eigenvalue weighted by molar-refractivity contribution is 7.22. The van der Waals surface area contributed by atoms with Crippen molar-refractivity contribution >= 4 is 38.1 Å². The second-order valence-electron chi connectivity index (χ2n) is 8.03. The summed E-state index contributed by atoms with van der Waals surface area (Å²) in [5.41, 5.74) is 2.55. The quantitative estimate of drug-likeness (QED) is 0.648. The summed E-state index contributed by atoms with van der Waals surface area (Å²) in [5, 5.41) is 0.816. The number of thiophene rings is 1. The Morgan fingerprint density at radius 1 is 0.933 bits per heavy atom. The smallest absolute Gasteiger partial charge is 0.275 e. The number of fused-ring (bicyclic) bond motifs is 1. The standard InChI is InChI=1S/C22H25N5O2S/c1-24-9-3-10-25(13-12-24)16-5-7-17(8-6-16)27-15-23-18-14-20(30-21(18)22(27)29)26-11-2-4-19(26)28/h5-8,14-15H,2-4,9-13H2,1H3. The van der Waals surface area contributed by atoms with Crippen molar-refractivity contribution in [2.24, 2.45) is 0 Å². The van der Waals surface area contributed by atoms with Gasteiger partial charge >= 0.3 is 0 Å². The van der Waals surface area contributed by atoms with Gasteiger partial charge in [0.2, 0.25) is 5.91 Å². The lowest BCUT2D eigenvalue weighted by atomic mass is 10.2. The predicted octanol–water partition coefficient (Wildman–Crippen LogP) is 2.72. The van der Waals surface area contributed by atoms with Crippen LogP contribution in [0.1, 0.15) is 19.3 Å². The van der Waals surface area contributed by atoms with Crippen LogP contribution >= 0.6 is 11.3 Å². The van der Waals surface area contributed by atoms with E-state index < -0.39 is 0 Å². The third-order valence-electron chi connectivity index (χ3n) is 5.98. The van der Waals surface area contributed by atoms with E-state index in [0.717, 1.165) is 49.7 Å². The van der Waals surface area contributed by atoms with Crippen LogP contribution in [0.5, 0.6) is 0 Å². The third-order valence-corrected chi connectivity index (χ3v) is 7.11. The van der Waals surface area contributed by atoms with Gasteiger partial charge in [0.15, 0.2) is 0 Å². The zero-order valence-corrected chi connectivity index (χ0v) is 17.9. The SMILES string of the molecule is CN1CCCN(c2ccc(-n3cnc4cc(N5CCCC5=O)sc4c3=O)cc2)CC1. The van der Waals surface area contributed by atoms with Gasteiger partial charge in [-0.1, -0.05) is 0 Å². The summed E-state index contributed by atoms with van der Waals surface area (Å²) in [6.45, 7) is 4.96. The number of rotatable bonds is 3. The summed E-state index contributed by atoms with van der Waals surface area (Å²) < 4.78 is 2.18. The van der Waals surface area contributed by atoms with Crippen LogP contribution in [0.4, 0.5) is 10.7 Å². The van der Waals surface area contributed by atoms with E-state index in [1.54, 1.807) is 15.8 Å². The minimum atomic E-state index is -0.0907. The second kappa shape index (κ2) is 7.85. The predicted molar refractivity (Wildman–Crippen MR) is 121 cm³/mol. The van der Waals surface area contributed by atoms with Crippen LogP contribution in [0, 0.1) is 0 Å². The molecule has 0 N–H and O–H groups in total. The summed E-state index contributed by atoms with van der Waals surface area (Å²) in [6.07, 6.45) is 4.18. The van der Waals surface area contributed by atoms with E-state index in [9.17, 15) is 9.59 Å². The van der Waals surface area contributed by atoms with Gasteiger partial charge in [-0.05, 0) is 56.8 Å². The van der Waals surface area contributed by atoms with E-state index in [0.29, 0.717) is 23.2 Å². The number of amides is 1. The average molecular weight is 424 g/mol. The summed E-state index contributed by atoms with van der Waals surface area (Å²) in [6, 6.07) is 9.99. The molecule has 1 amide bonds. The summed E-state index contributed by atoms with van der Waals surface area (Å²) in [5.74, 6) is 0.122. The van der Waals surface area contributed by atoms with E-state index in [1.165, 1.54) is 17.0 Å². The van der Waals surface area contributed by atoms with Crippen LogP contribution in [0.25, 0.3) is 15.9 Å². The highest BCUT2D eigenvalue weighted by Gasteiger charge is 2.24. The van der Waals surface area contributed by atoms with Crippen molar-refractivity contribution in [2.75, 3.05) is 49.6 Å². The highest BCUT2D eigenvalue weighted by atomic mass is 32.1. The van der Waals surface area contributed by atoms with Crippen LogP contribution in [-0.2, 0) is 4.79 Å². The van der Waals surface area contributed by atoms with Crippen molar-refractivity contribution in [2.45, 2.75) is 19.3 Å². The van der Waals surface area contributed by atoms with E-state index in [4.69, 9.17) is 0 Å². The molecule has 2 saturated heterocycles. The first-order valence-electron chi connectivity index (χ1n) is 10.5. The fourth-order valence-corrected chi connectivity index (χ4v) is 5.31. The molecule has 0 saturated carbocycles. The van der Waals surface area contributed by atoms with Gasteiger partial charge in [-0.25, -0.2) is 4.98 Å². The number of hydrogen-bond acceptors (Lipinski definition) is 6. The maximum Gasteiger partial charge on any atom is 0.275 e. The lowest BCUT2D eigenvalue weighted by molar-refractivity contribution is -0.117. The Morgan fingerprint density at radius 2 is 1.73 bits per heavy atom. The Bertz CT molecular complexity index is 1140. The molecule has 2 aliphatic heterocycles. The van der Waals surface area contributed by atoms with Crippen LogP contribution in [0.2, 0.25) is 0 Å². The van der Waals surface area contributed by atoms with Crippen LogP contribution in [-0.4, -0.2) is 60.1 Å². The van der Waals surface area contributed by atoms with E-state index in [2.05, 4.69) is 34.0 Å². The first-order chi connectivity index (χ1) is 14.6. The van der Waals surface area contributed by atoms with E-state index in [-0.39, 0.29) is 11.5 Å². The molecule has 0 radical (unpaired) electrons. The van der Waals surface area contributed by atoms with Gasteiger partial charge < -0.3 is 14.7 Å². The molecule has 0 spiro atoms. The number of carbonyl (C=O) groups is 1. The Labute approximate surface area is 179 Å². The molecule has 0 bridgehead atoms. The van der Waals surface area contributed by atoms with Gasteiger partial charge in [-0.2, -0.15) is 0 Å². The second-order valence-corrected chi connectivity index (χ2v) is 9.06. The summed E-state index contributed by atoms with van der Waals surface area (Å²) in [4.78, 5) is 36.2. The lowest BCUT2D eigenvalue weighted by Crippen LogP contribution is -2.28. The monoisotopic (exact) mass is 423 g/mol. The Hall–Kier alpha value is -2.71. The molecule has 7 nitrogen and oxygen atoms in total. The van der Waals surface area contributed by atoms with Crippen molar-refractivity contribution in [1.82, 2.24) is 14.5 Å². The molecular formula is C22H25N5O2S. The lowest BCUT2D eigenvalue weighted by Gasteiger charge is -2.23. The number of nitrogens with zero attached hydrogens (tertiary/aromatic N) is 5. The zero-order chi connectivity index (χ0) is 20.7. The molecule has 8 heteroatoms. The van der Waals surface area contributed by atoms with Gasteiger partial charge in [0, 0.05) is 38.3 Å². The number of aromatic nitrogens is 2. The molecule has 156 valence electrons.